The second-order valence-corrected chi connectivity index (χ2v) is 9.70. The molecular weight excluding hydrogens is 492 g/mol. The smallest absolute Gasteiger partial charge is 0.308 e. The lowest BCUT2D eigenvalue weighted by Crippen LogP contribution is -2.49. The van der Waals surface area contributed by atoms with Crippen molar-refractivity contribution in [3.8, 4) is 5.75 Å². The highest BCUT2D eigenvalue weighted by molar-refractivity contribution is 6.31. The molecule has 0 aromatic heterocycles. The lowest BCUT2D eigenvalue weighted by atomic mass is 9.86. The lowest BCUT2D eigenvalue weighted by Gasteiger charge is -2.37. The molecule has 8 heteroatoms. The van der Waals surface area contributed by atoms with E-state index in [-0.39, 0.29) is 17.4 Å². The summed E-state index contributed by atoms with van der Waals surface area (Å²) in [4.78, 5) is 56.7. The van der Waals surface area contributed by atoms with Crippen molar-refractivity contribution >= 4 is 52.6 Å². The van der Waals surface area contributed by atoms with E-state index < -0.39 is 35.8 Å². The number of ketones is 1. The topological polar surface area (TPSA) is 84.0 Å². The molecule has 7 nitrogen and oxygen atoms in total. The van der Waals surface area contributed by atoms with Crippen LogP contribution in [0.5, 0.6) is 5.75 Å². The van der Waals surface area contributed by atoms with Crippen molar-refractivity contribution in [1.29, 1.82) is 0 Å². The Morgan fingerprint density at radius 2 is 1.57 bits per heavy atom. The van der Waals surface area contributed by atoms with Gasteiger partial charge in [0.05, 0.1) is 29.3 Å². The van der Waals surface area contributed by atoms with E-state index in [1.165, 1.54) is 6.92 Å². The minimum atomic E-state index is -0.980. The summed E-state index contributed by atoms with van der Waals surface area (Å²) < 4.78 is 5.51. The van der Waals surface area contributed by atoms with Gasteiger partial charge in [-0.3, -0.25) is 19.2 Å². The van der Waals surface area contributed by atoms with Gasteiger partial charge >= 0.3 is 5.97 Å². The van der Waals surface area contributed by atoms with Crippen LogP contribution in [0.4, 0.5) is 11.4 Å². The van der Waals surface area contributed by atoms with Gasteiger partial charge in [0.2, 0.25) is 11.8 Å². The third-order valence-corrected chi connectivity index (χ3v) is 7.41. The lowest BCUT2D eigenvalue weighted by molar-refractivity contribution is -0.132. The second kappa shape index (κ2) is 8.71. The molecule has 3 aliphatic heterocycles. The molecule has 0 aliphatic carbocycles. The van der Waals surface area contributed by atoms with Gasteiger partial charge < -0.3 is 9.64 Å². The number of esters is 1. The quantitative estimate of drug-likeness (QED) is 0.221. The van der Waals surface area contributed by atoms with Gasteiger partial charge in [0.25, 0.3) is 0 Å². The molecule has 3 aromatic carbocycles. The molecule has 0 spiro atoms. The fourth-order valence-corrected chi connectivity index (χ4v) is 5.86. The van der Waals surface area contributed by atoms with Crippen LogP contribution >= 0.6 is 11.6 Å². The van der Waals surface area contributed by atoms with E-state index in [2.05, 4.69) is 0 Å². The first-order valence-corrected chi connectivity index (χ1v) is 12.2. The number of halogens is 1. The number of benzene rings is 3. The van der Waals surface area contributed by atoms with Gasteiger partial charge in [-0.2, -0.15) is 0 Å². The van der Waals surface area contributed by atoms with E-state index in [1.54, 1.807) is 71.6 Å². The number of anilines is 2. The average Bonchev–Trinajstić information content (AvgIpc) is 3.37. The van der Waals surface area contributed by atoms with E-state index in [4.69, 9.17) is 16.3 Å². The highest BCUT2D eigenvalue weighted by atomic mass is 35.5. The van der Waals surface area contributed by atoms with Crippen LogP contribution in [0, 0.1) is 11.8 Å². The van der Waals surface area contributed by atoms with Crippen LogP contribution in [-0.2, 0) is 14.4 Å². The van der Waals surface area contributed by atoms with Crippen molar-refractivity contribution in [2.24, 2.45) is 11.8 Å². The molecular formula is C29H21ClN2O5. The molecule has 0 N–H and O–H groups in total. The van der Waals surface area contributed by atoms with Crippen molar-refractivity contribution in [1.82, 2.24) is 0 Å². The van der Waals surface area contributed by atoms with Crippen LogP contribution in [-0.4, -0.2) is 35.7 Å². The van der Waals surface area contributed by atoms with Crippen LogP contribution in [0.25, 0.3) is 6.08 Å². The van der Waals surface area contributed by atoms with Crippen LogP contribution in [0.3, 0.4) is 0 Å². The van der Waals surface area contributed by atoms with E-state index in [9.17, 15) is 19.2 Å². The molecule has 4 atom stereocenters. The zero-order valence-electron chi connectivity index (χ0n) is 19.7. The zero-order chi connectivity index (χ0) is 25.8. The molecule has 0 bridgehead atoms. The van der Waals surface area contributed by atoms with Gasteiger partial charge in [0, 0.05) is 23.1 Å². The molecule has 3 aliphatic rings. The van der Waals surface area contributed by atoms with Crippen molar-refractivity contribution < 1.29 is 23.9 Å². The largest absolute Gasteiger partial charge is 0.424 e. The highest BCUT2D eigenvalue weighted by Gasteiger charge is 2.64. The Kier molecular flexibility index (Phi) is 5.46. The zero-order valence-corrected chi connectivity index (χ0v) is 20.5. The number of ether oxygens (including phenoxy) is 1. The minimum Gasteiger partial charge on any atom is -0.424 e. The first-order valence-electron chi connectivity index (χ1n) is 11.9. The fourth-order valence-electron chi connectivity index (χ4n) is 5.73. The summed E-state index contributed by atoms with van der Waals surface area (Å²) in [5.74, 6) is -3.06. The third-order valence-electron chi connectivity index (χ3n) is 7.15. The molecule has 0 saturated carbocycles. The standard InChI is InChI=1S/C29H21ClN2O5/c1-16(33)37-22-9-5-8-17-10-15-21-23-24(29(36)31(28(23)35)20-13-11-19(30)12-14-20)26(32(21)25(17)22)27(34)18-6-3-2-4-7-18/h2-15,21,23-24,26H,1H3/t21-,23+,24+,26-/m1/s1. The SMILES string of the molecule is CC(=O)Oc1cccc2c1N1[C@H](C=C2)[C@@H]2C(=O)N(c3ccc(Cl)cc3)C(=O)[C@@H]2[C@@H]1C(=O)c1ccccc1. The summed E-state index contributed by atoms with van der Waals surface area (Å²) in [6.07, 6.45) is 3.70. The average molecular weight is 513 g/mol. The normalized spacial score (nSPS) is 23.5. The Hall–Kier alpha value is -4.23. The molecule has 2 saturated heterocycles. The summed E-state index contributed by atoms with van der Waals surface area (Å²) in [6.45, 7) is 1.30. The first-order chi connectivity index (χ1) is 17.9. The maximum atomic E-state index is 14.1. The number of rotatable bonds is 4. The Morgan fingerprint density at radius 3 is 2.27 bits per heavy atom. The maximum absolute atomic E-state index is 14.1. The summed E-state index contributed by atoms with van der Waals surface area (Å²) in [5.41, 5.74) is 2.09. The number of Topliss-reactive ketones (excluding diaryl/α,β-unsaturated/α-hetero) is 1. The number of carbonyl (C=O) groups excluding carboxylic acids is 4. The van der Waals surface area contributed by atoms with Gasteiger partial charge in [-0.15, -0.1) is 0 Å². The molecule has 3 aromatic rings. The van der Waals surface area contributed by atoms with E-state index in [1.807, 2.05) is 18.2 Å². The molecule has 37 heavy (non-hydrogen) atoms. The van der Waals surface area contributed by atoms with Crippen LogP contribution in [0.1, 0.15) is 22.8 Å². The number of imide groups is 1. The predicted molar refractivity (Wildman–Crippen MR) is 139 cm³/mol. The number of amides is 2. The monoisotopic (exact) mass is 512 g/mol. The van der Waals surface area contributed by atoms with E-state index in [0.717, 1.165) is 10.5 Å². The van der Waals surface area contributed by atoms with Crippen LogP contribution in [0.2, 0.25) is 5.02 Å². The number of nitrogens with zero attached hydrogens (tertiary/aromatic N) is 2. The van der Waals surface area contributed by atoms with Gasteiger partial charge in [-0.05, 0) is 30.3 Å². The molecule has 3 heterocycles. The number of fused-ring (bicyclic) bond motifs is 5. The second-order valence-electron chi connectivity index (χ2n) is 9.26. The minimum absolute atomic E-state index is 0.277. The molecule has 0 unspecified atom stereocenters. The molecule has 184 valence electrons. The number of para-hydroxylation sites is 1. The Balaban J connectivity index is 1.52. The van der Waals surface area contributed by atoms with Gasteiger partial charge in [-0.1, -0.05) is 66.2 Å². The Labute approximate surface area is 217 Å². The van der Waals surface area contributed by atoms with E-state index in [0.29, 0.717) is 22.0 Å². The molecule has 0 radical (unpaired) electrons. The number of hydrogen-bond donors (Lipinski definition) is 0. The third kappa shape index (κ3) is 3.57. The number of hydrogen-bond acceptors (Lipinski definition) is 6. The molecule has 6 rings (SSSR count). The predicted octanol–water partition coefficient (Wildman–Crippen LogP) is 4.54. The van der Waals surface area contributed by atoms with Crippen molar-refractivity contribution in [3.05, 3.63) is 95.0 Å². The fraction of sp³-hybridized carbons (Fsp3) is 0.172. The summed E-state index contributed by atoms with van der Waals surface area (Å²) in [5, 5.41) is 0.483. The van der Waals surface area contributed by atoms with Gasteiger partial charge in [-0.25, -0.2) is 4.90 Å². The summed E-state index contributed by atoms with van der Waals surface area (Å²) in [7, 11) is 0. The Bertz CT molecular complexity index is 1480. The number of carbonyl (C=O) groups is 4. The van der Waals surface area contributed by atoms with Crippen molar-refractivity contribution in [3.63, 3.8) is 0 Å². The molecule has 2 amide bonds. The van der Waals surface area contributed by atoms with Crippen LogP contribution < -0.4 is 14.5 Å². The van der Waals surface area contributed by atoms with Gasteiger partial charge in [0.15, 0.2) is 11.5 Å². The van der Waals surface area contributed by atoms with Gasteiger partial charge in [0.1, 0.15) is 6.04 Å². The highest BCUT2D eigenvalue weighted by Crippen LogP contribution is 2.52. The van der Waals surface area contributed by atoms with Crippen LogP contribution in [0.15, 0.2) is 78.9 Å². The first kappa shape index (κ1) is 23.2. The molecule has 2 fully saturated rings. The summed E-state index contributed by atoms with van der Waals surface area (Å²) >= 11 is 6.02. The van der Waals surface area contributed by atoms with Crippen molar-refractivity contribution in [2.45, 2.75) is 19.0 Å². The summed E-state index contributed by atoms with van der Waals surface area (Å²) in [6, 6.07) is 18.9. The van der Waals surface area contributed by atoms with Crippen molar-refractivity contribution in [2.75, 3.05) is 9.80 Å². The van der Waals surface area contributed by atoms with E-state index >= 15 is 0 Å². The Morgan fingerprint density at radius 1 is 0.865 bits per heavy atom. The maximum Gasteiger partial charge on any atom is 0.308 e.